The SMILES string of the molecule is Nc1nc(=O)n([C@]2(CO)SC[C@@H](O)[C@@H]2O)cc1F. The van der Waals surface area contributed by atoms with E-state index in [4.69, 9.17) is 5.73 Å². The number of aliphatic hydroxyl groups excluding tert-OH is 3. The zero-order valence-corrected chi connectivity index (χ0v) is 9.97. The summed E-state index contributed by atoms with van der Waals surface area (Å²) in [5.41, 5.74) is 4.25. The van der Waals surface area contributed by atoms with Gasteiger partial charge < -0.3 is 21.1 Å². The summed E-state index contributed by atoms with van der Waals surface area (Å²) in [6, 6.07) is 0. The summed E-state index contributed by atoms with van der Waals surface area (Å²) in [5, 5.41) is 28.8. The average Bonchev–Trinajstić information content (AvgIpc) is 2.62. The minimum Gasteiger partial charge on any atom is -0.393 e. The monoisotopic (exact) mass is 277 g/mol. The Labute approximate surface area is 105 Å². The molecule has 0 aliphatic carbocycles. The van der Waals surface area contributed by atoms with Crippen LogP contribution in [0.5, 0.6) is 0 Å². The van der Waals surface area contributed by atoms with E-state index in [1.165, 1.54) is 0 Å². The maximum Gasteiger partial charge on any atom is 0.351 e. The topological polar surface area (TPSA) is 122 Å². The number of rotatable bonds is 2. The number of hydrogen-bond donors (Lipinski definition) is 4. The summed E-state index contributed by atoms with van der Waals surface area (Å²) in [7, 11) is 0. The van der Waals surface area contributed by atoms with Crippen molar-refractivity contribution in [1.82, 2.24) is 9.55 Å². The Morgan fingerprint density at radius 1 is 1.67 bits per heavy atom. The molecule has 1 aliphatic rings. The normalized spacial score (nSPS) is 31.8. The highest BCUT2D eigenvalue weighted by Crippen LogP contribution is 2.41. The molecule has 0 unspecified atom stereocenters. The van der Waals surface area contributed by atoms with Crippen LogP contribution in [-0.4, -0.2) is 49.4 Å². The van der Waals surface area contributed by atoms with Crippen LogP contribution in [0.25, 0.3) is 0 Å². The highest BCUT2D eigenvalue weighted by atomic mass is 32.2. The lowest BCUT2D eigenvalue weighted by Gasteiger charge is -2.31. The van der Waals surface area contributed by atoms with Crippen molar-refractivity contribution in [3.63, 3.8) is 0 Å². The molecule has 1 fully saturated rings. The molecule has 1 aromatic heterocycles. The van der Waals surface area contributed by atoms with E-state index in [1.54, 1.807) is 0 Å². The molecule has 0 aromatic carbocycles. The fraction of sp³-hybridized carbons (Fsp3) is 0.556. The molecule has 2 heterocycles. The number of hydrogen-bond acceptors (Lipinski definition) is 7. The number of aliphatic hydroxyl groups is 3. The number of anilines is 1. The molecule has 18 heavy (non-hydrogen) atoms. The molecule has 0 saturated carbocycles. The summed E-state index contributed by atoms with van der Waals surface area (Å²) in [6.07, 6.45) is -1.75. The van der Waals surface area contributed by atoms with Gasteiger partial charge in [-0.25, -0.2) is 9.18 Å². The molecule has 3 atom stereocenters. The van der Waals surface area contributed by atoms with E-state index in [1.807, 2.05) is 0 Å². The average molecular weight is 277 g/mol. The van der Waals surface area contributed by atoms with E-state index in [2.05, 4.69) is 4.98 Å². The van der Waals surface area contributed by atoms with Crippen molar-refractivity contribution >= 4 is 17.6 Å². The molecule has 1 aromatic rings. The predicted molar refractivity (Wildman–Crippen MR) is 62.4 cm³/mol. The molecule has 0 radical (unpaired) electrons. The Hall–Kier alpha value is -1.16. The van der Waals surface area contributed by atoms with Crippen LogP contribution in [0.3, 0.4) is 0 Å². The molecule has 1 saturated heterocycles. The summed E-state index contributed by atoms with van der Waals surface area (Å²) >= 11 is 0.953. The molecule has 0 spiro atoms. The zero-order valence-electron chi connectivity index (χ0n) is 9.15. The van der Waals surface area contributed by atoms with Gasteiger partial charge in [0, 0.05) is 5.75 Å². The van der Waals surface area contributed by atoms with Gasteiger partial charge in [0.15, 0.2) is 11.6 Å². The Morgan fingerprint density at radius 2 is 2.33 bits per heavy atom. The van der Waals surface area contributed by atoms with Crippen LogP contribution in [0.1, 0.15) is 0 Å². The first-order valence-electron chi connectivity index (χ1n) is 5.08. The second-order valence-corrected chi connectivity index (χ2v) is 5.28. The van der Waals surface area contributed by atoms with E-state index in [0.717, 1.165) is 22.5 Å². The van der Waals surface area contributed by atoms with Crippen molar-refractivity contribution in [2.45, 2.75) is 17.1 Å². The fourth-order valence-electron chi connectivity index (χ4n) is 1.85. The van der Waals surface area contributed by atoms with E-state index in [-0.39, 0.29) is 5.75 Å². The second-order valence-electron chi connectivity index (χ2n) is 3.95. The van der Waals surface area contributed by atoms with Gasteiger partial charge in [0.25, 0.3) is 0 Å². The van der Waals surface area contributed by atoms with E-state index < -0.39 is 41.0 Å². The number of aromatic nitrogens is 2. The third kappa shape index (κ3) is 1.79. The third-order valence-corrected chi connectivity index (χ3v) is 4.45. The lowest BCUT2D eigenvalue weighted by Crippen LogP contribution is -2.51. The van der Waals surface area contributed by atoms with Crippen LogP contribution >= 0.6 is 11.8 Å². The van der Waals surface area contributed by atoms with Crippen LogP contribution in [-0.2, 0) is 4.87 Å². The predicted octanol–water partition coefficient (Wildman–Crippen LogP) is -1.92. The molecular weight excluding hydrogens is 265 g/mol. The lowest BCUT2D eigenvalue weighted by molar-refractivity contribution is -0.0206. The largest absolute Gasteiger partial charge is 0.393 e. The van der Waals surface area contributed by atoms with Crippen LogP contribution < -0.4 is 11.4 Å². The first-order valence-corrected chi connectivity index (χ1v) is 6.07. The summed E-state index contributed by atoms with van der Waals surface area (Å²) in [4.78, 5) is 13.4. The van der Waals surface area contributed by atoms with E-state index in [9.17, 15) is 24.5 Å². The maximum absolute atomic E-state index is 13.4. The second kappa shape index (κ2) is 4.50. The number of thioether (sulfide) groups is 1. The molecule has 2 rings (SSSR count). The maximum atomic E-state index is 13.4. The minimum atomic E-state index is -1.54. The van der Waals surface area contributed by atoms with Gasteiger partial charge in [-0.1, -0.05) is 0 Å². The Morgan fingerprint density at radius 3 is 2.83 bits per heavy atom. The van der Waals surface area contributed by atoms with E-state index >= 15 is 0 Å². The number of nitrogens with zero attached hydrogens (tertiary/aromatic N) is 2. The highest BCUT2D eigenvalue weighted by molar-refractivity contribution is 8.00. The summed E-state index contributed by atoms with van der Waals surface area (Å²) in [5.74, 6) is -1.38. The van der Waals surface area contributed by atoms with Crippen LogP contribution in [0.2, 0.25) is 0 Å². The molecule has 5 N–H and O–H groups in total. The lowest BCUT2D eigenvalue weighted by atomic mass is 10.1. The molecule has 0 bridgehead atoms. The standard InChI is InChI=1S/C9H12FN3O4S/c10-4-1-13(8(17)12-7(4)11)9(3-14)6(16)5(15)2-18-9/h1,5-6,14-16H,2-3H2,(H2,11,12,17)/t5-,6+,9-/m1/s1. The molecule has 100 valence electrons. The van der Waals surface area contributed by atoms with Crippen molar-refractivity contribution in [2.24, 2.45) is 0 Å². The number of halogens is 1. The van der Waals surface area contributed by atoms with Crippen molar-refractivity contribution in [1.29, 1.82) is 0 Å². The van der Waals surface area contributed by atoms with Crippen LogP contribution in [0.15, 0.2) is 11.0 Å². The Bertz CT molecular complexity index is 525. The molecule has 1 aliphatic heterocycles. The minimum absolute atomic E-state index is 0.111. The van der Waals surface area contributed by atoms with Gasteiger partial charge in [-0.05, 0) is 0 Å². The smallest absolute Gasteiger partial charge is 0.351 e. The Balaban J connectivity index is 2.59. The van der Waals surface area contributed by atoms with Crippen LogP contribution in [0.4, 0.5) is 10.2 Å². The number of nitrogens with two attached hydrogens (primary N) is 1. The van der Waals surface area contributed by atoms with Gasteiger partial charge in [0.2, 0.25) is 0 Å². The first kappa shape index (κ1) is 13.3. The highest BCUT2D eigenvalue weighted by Gasteiger charge is 2.50. The fourth-order valence-corrected chi connectivity index (χ4v) is 3.18. The van der Waals surface area contributed by atoms with Gasteiger partial charge in [-0.3, -0.25) is 4.57 Å². The molecular formula is C9H12FN3O4S. The van der Waals surface area contributed by atoms with Gasteiger partial charge in [0.05, 0.1) is 18.9 Å². The van der Waals surface area contributed by atoms with Gasteiger partial charge >= 0.3 is 5.69 Å². The zero-order chi connectivity index (χ0) is 13.5. The van der Waals surface area contributed by atoms with Crippen molar-refractivity contribution < 1.29 is 19.7 Å². The van der Waals surface area contributed by atoms with Gasteiger partial charge in [0.1, 0.15) is 11.0 Å². The molecule has 0 amide bonds. The van der Waals surface area contributed by atoms with Crippen molar-refractivity contribution in [3.05, 3.63) is 22.5 Å². The molecule has 9 heteroatoms. The van der Waals surface area contributed by atoms with Gasteiger partial charge in [-0.15, -0.1) is 11.8 Å². The van der Waals surface area contributed by atoms with Gasteiger partial charge in [-0.2, -0.15) is 4.98 Å². The molecule has 7 nitrogen and oxygen atoms in total. The third-order valence-electron chi connectivity index (χ3n) is 2.87. The number of nitrogen functional groups attached to an aromatic ring is 1. The van der Waals surface area contributed by atoms with Crippen molar-refractivity contribution in [3.8, 4) is 0 Å². The quantitative estimate of drug-likeness (QED) is 0.497. The summed E-state index contributed by atoms with van der Waals surface area (Å²) < 4.78 is 14.1. The first-order chi connectivity index (χ1) is 8.42. The van der Waals surface area contributed by atoms with E-state index in [0.29, 0.717) is 0 Å². The Kier molecular flexibility index (Phi) is 3.32. The van der Waals surface area contributed by atoms with Crippen molar-refractivity contribution in [2.75, 3.05) is 18.1 Å². The van der Waals surface area contributed by atoms with Crippen LogP contribution in [0, 0.1) is 5.82 Å². The summed E-state index contributed by atoms with van der Waals surface area (Å²) in [6.45, 7) is -0.652.